The average molecular weight is 473 g/mol. The smallest absolute Gasteiger partial charge is 0.155 e. The fraction of sp³-hybridized carbons (Fsp3) is 0.500. The van der Waals surface area contributed by atoms with Gasteiger partial charge in [0, 0.05) is 23.2 Å². The van der Waals surface area contributed by atoms with Crippen molar-refractivity contribution in [1.29, 1.82) is 0 Å². The SMILES string of the molecule is O=S(O)C1CCC(c2ccnc3c2ccc2c(C4CCC(S(=O)O)CC4)ccnc23)CC1. The zero-order chi connectivity index (χ0) is 22.2. The van der Waals surface area contributed by atoms with Crippen LogP contribution in [0, 0.1) is 0 Å². The van der Waals surface area contributed by atoms with Crippen LogP contribution in [0.2, 0.25) is 0 Å². The van der Waals surface area contributed by atoms with Crippen LogP contribution in [0.25, 0.3) is 21.8 Å². The van der Waals surface area contributed by atoms with Gasteiger partial charge in [-0.25, -0.2) is 8.42 Å². The zero-order valence-corrected chi connectivity index (χ0v) is 19.5. The summed E-state index contributed by atoms with van der Waals surface area (Å²) in [5.74, 6) is 0.742. The zero-order valence-electron chi connectivity index (χ0n) is 17.9. The normalized spacial score (nSPS) is 28.6. The van der Waals surface area contributed by atoms with Gasteiger partial charge in [0.1, 0.15) is 0 Å². The first-order valence-electron chi connectivity index (χ1n) is 11.4. The Morgan fingerprint density at radius 3 is 1.34 bits per heavy atom. The molecule has 8 heteroatoms. The van der Waals surface area contributed by atoms with E-state index in [1.54, 1.807) is 0 Å². The predicted molar refractivity (Wildman–Crippen MR) is 129 cm³/mol. The van der Waals surface area contributed by atoms with Gasteiger partial charge in [-0.2, -0.15) is 0 Å². The highest BCUT2D eigenvalue weighted by Gasteiger charge is 2.28. The standard InChI is InChI=1S/C24H28N2O4S2/c27-31(28)17-5-1-15(2-6-17)19-11-13-25-23-21(19)9-10-22-20(12-14-26-24(22)23)16-3-7-18(8-4-16)32(29)30/h9-18H,1-8H2,(H,27,28)(H,29,30). The van der Waals surface area contributed by atoms with Crippen molar-refractivity contribution in [2.75, 3.05) is 0 Å². The maximum absolute atomic E-state index is 11.4. The molecular formula is C24H28N2O4S2. The second-order valence-electron chi connectivity index (χ2n) is 9.16. The van der Waals surface area contributed by atoms with Crippen LogP contribution in [0.4, 0.5) is 0 Å². The lowest BCUT2D eigenvalue weighted by molar-refractivity contribution is 0.430. The summed E-state index contributed by atoms with van der Waals surface area (Å²) in [6, 6.07) is 8.51. The lowest BCUT2D eigenvalue weighted by atomic mass is 9.81. The predicted octanol–water partition coefficient (Wildman–Crippen LogP) is 5.28. The van der Waals surface area contributed by atoms with Gasteiger partial charge in [-0.3, -0.25) is 9.97 Å². The van der Waals surface area contributed by atoms with Gasteiger partial charge in [0.05, 0.1) is 21.5 Å². The van der Waals surface area contributed by atoms with Gasteiger partial charge in [-0.1, -0.05) is 12.1 Å². The summed E-state index contributed by atoms with van der Waals surface area (Å²) in [6.45, 7) is 0. The highest BCUT2D eigenvalue weighted by molar-refractivity contribution is 7.80. The van der Waals surface area contributed by atoms with E-state index >= 15 is 0 Å². The van der Waals surface area contributed by atoms with Crippen LogP contribution < -0.4 is 0 Å². The Bertz CT molecular complexity index is 1090. The molecule has 5 rings (SSSR count). The van der Waals surface area contributed by atoms with E-state index in [0.717, 1.165) is 73.2 Å². The van der Waals surface area contributed by atoms with Crippen molar-refractivity contribution >= 4 is 44.0 Å². The Morgan fingerprint density at radius 1 is 0.625 bits per heavy atom. The Morgan fingerprint density at radius 2 is 1.00 bits per heavy atom. The Kier molecular flexibility index (Phi) is 6.38. The van der Waals surface area contributed by atoms with Crippen LogP contribution in [0.1, 0.15) is 74.3 Å². The number of hydrogen-bond acceptors (Lipinski definition) is 4. The van der Waals surface area contributed by atoms with E-state index in [2.05, 4.69) is 24.3 Å². The van der Waals surface area contributed by atoms with Crippen molar-refractivity contribution in [1.82, 2.24) is 9.97 Å². The van der Waals surface area contributed by atoms with Gasteiger partial charge in [0.25, 0.3) is 0 Å². The maximum Gasteiger partial charge on any atom is 0.155 e. The number of nitrogens with zero attached hydrogens (tertiary/aromatic N) is 2. The van der Waals surface area contributed by atoms with Crippen molar-refractivity contribution in [3.63, 3.8) is 0 Å². The molecule has 2 aliphatic rings. The van der Waals surface area contributed by atoms with E-state index in [9.17, 15) is 17.5 Å². The lowest BCUT2D eigenvalue weighted by Crippen LogP contribution is -2.22. The first-order valence-corrected chi connectivity index (χ1v) is 13.7. The van der Waals surface area contributed by atoms with E-state index in [0.29, 0.717) is 11.8 Å². The van der Waals surface area contributed by atoms with Crippen LogP contribution in [-0.2, 0) is 22.2 Å². The molecule has 0 radical (unpaired) electrons. The molecular weight excluding hydrogens is 444 g/mol. The number of fused-ring (bicyclic) bond motifs is 3. The number of benzene rings is 1. The van der Waals surface area contributed by atoms with E-state index in [-0.39, 0.29) is 10.5 Å². The van der Waals surface area contributed by atoms with Gasteiger partial charge >= 0.3 is 0 Å². The lowest BCUT2D eigenvalue weighted by Gasteiger charge is -2.28. The van der Waals surface area contributed by atoms with Gasteiger partial charge in [0.2, 0.25) is 0 Å². The fourth-order valence-electron chi connectivity index (χ4n) is 5.73. The monoisotopic (exact) mass is 472 g/mol. The molecule has 2 aromatic heterocycles. The molecule has 0 spiro atoms. The number of rotatable bonds is 4. The van der Waals surface area contributed by atoms with Crippen molar-refractivity contribution < 1.29 is 17.5 Å². The van der Waals surface area contributed by atoms with Gasteiger partial charge in [-0.15, -0.1) is 0 Å². The highest BCUT2D eigenvalue weighted by atomic mass is 32.2. The van der Waals surface area contributed by atoms with E-state index in [1.165, 1.54) is 11.1 Å². The second kappa shape index (κ2) is 9.25. The molecule has 0 bridgehead atoms. The molecule has 32 heavy (non-hydrogen) atoms. The molecule has 2 fully saturated rings. The number of hydrogen-bond donors (Lipinski definition) is 2. The molecule has 0 saturated heterocycles. The topological polar surface area (TPSA) is 100 Å². The summed E-state index contributed by atoms with van der Waals surface area (Å²) in [5, 5.41) is 2.03. The minimum atomic E-state index is -1.73. The molecule has 0 aliphatic heterocycles. The quantitative estimate of drug-likeness (QED) is 0.396. The molecule has 2 saturated carbocycles. The maximum atomic E-state index is 11.4. The van der Waals surface area contributed by atoms with Gasteiger partial charge in [0.15, 0.2) is 22.2 Å². The van der Waals surface area contributed by atoms with Crippen LogP contribution >= 0.6 is 0 Å². The summed E-state index contributed by atoms with van der Waals surface area (Å²) in [6.07, 6.45) is 10.5. The van der Waals surface area contributed by atoms with Crippen molar-refractivity contribution in [2.24, 2.45) is 0 Å². The number of aromatic nitrogens is 2. The molecule has 2 atom stereocenters. The van der Waals surface area contributed by atoms with Crippen LogP contribution in [0.15, 0.2) is 36.7 Å². The molecule has 2 unspecified atom stereocenters. The van der Waals surface area contributed by atoms with Crippen LogP contribution in [0.5, 0.6) is 0 Å². The second-order valence-corrected chi connectivity index (χ2v) is 11.6. The minimum Gasteiger partial charge on any atom is -0.306 e. The van der Waals surface area contributed by atoms with E-state index in [1.807, 2.05) is 12.4 Å². The Hall–Kier alpha value is -1.74. The molecule has 6 nitrogen and oxygen atoms in total. The van der Waals surface area contributed by atoms with Gasteiger partial charge < -0.3 is 9.11 Å². The van der Waals surface area contributed by atoms with E-state index < -0.39 is 22.2 Å². The molecule has 1 aromatic carbocycles. The Labute approximate surface area is 192 Å². The molecule has 0 amide bonds. The van der Waals surface area contributed by atoms with E-state index in [4.69, 9.17) is 9.97 Å². The average Bonchev–Trinajstić information content (AvgIpc) is 2.83. The highest BCUT2D eigenvalue weighted by Crippen LogP contribution is 2.41. The van der Waals surface area contributed by atoms with Crippen molar-refractivity contribution in [2.45, 2.75) is 73.7 Å². The summed E-state index contributed by atoms with van der Waals surface area (Å²) in [4.78, 5) is 9.41. The molecule has 3 aromatic rings. The third kappa shape index (κ3) is 4.14. The minimum absolute atomic E-state index is 0.109. The van der Waals surface area contributed by atoms with Crippen LogP contribution in [0.3, 0.4) is 0 Å². The van der Waals surface area contributed by atoms with Gasteiger partial charge in [-0.05, 0) is 86.5 Å². The molecule has 2 aliphatic carbocycles. The van der Waals surface area contributed by atoms with Crippen LogP contribution in [-0.4, -0.2) is 38.0 Å². The third-order valence-electron chi connectivity index (χ3n) is 7.49. The Balaban J connectivity index is 1.49. The summed E-state index contributed by atoms with van der Waals surface area (Å²) in [7, 11) is 0. The summed E-state index contributed by atoms with van der Waals surface area (Å²) in [5.41, 5.74) is 4.36. The fourth-order valence-corrected chi connectivity index (χ4v) is 7.08. The summed E-state index contributed by atoms with van der Waals surface area (Å²) < 4.78 is 41.7. The van der Waals surface area contributed by atoms with Crippen molar-refractivity contribution in [3.05, 3.63) is 47.8 Å². The summed E-state index contributed by atoms with van der Waals surface area (Å²) >= 11 is -3.47. The molecule has 2 heterocycles. The van der Waals surface area contributed by atoms with Crippen molar-refractivity contribution in [3.8, 4) is 0 Å². The molecule has 2 N–H and O–H groups in total. The first-order chi connectivity index (χ1) is 15.5. The first kappa shape index (κ1) is 22.1. The largest absolute Gasteiger partial charge is 0.306 e. The molecule has 170 valence electrons. The number of pyridine rings is 2. The third-order valence-corrected chi connectivity index (χ3v) is 9.57.